The Morgan fingerprint density at radius 1 is 1.08 bits per heavy atom. The van der Waals surface area contributed by atoms with E-state index >= 15 is 0 Å². The van der Waals surface area contributed by atoms with Crippen LogP contribution in [0, 0.1) is 11.3 Å². The molecule has 4 aromatic rings. The second kappa shape index (κ2) is 15.0. The van der Waals surface area contributed by atoms with Crippen LogP contribution in [0.1, 0.15) is 67.5 Å². The number of alkyl halides is 3. The first-order valence-electron chi connectivity index (χ1n) is 16.5. The third kappa shape index (κ3) is 8.81. The third-order valence-electron chi connectivity index (χ3n) is 9.95. The van der Waals surface area contributed by atoms with Crippen LogP contribution in [0.2, 0.25) is 5.02 Å². The van der Waals surface area contributed by atoms with E-state index in [1.807, 2.05) is 35.3 Å². The predicted molar refractivity (Wildman–Crippen MR) is 180 cm³/mol. The van der Waals surface area contributed by atoms with Crippen LogP contribution in [0.5, 0.6) is 0 Å². The fourth-order valence-electron chi connectivity index (χ4n) is 7.44. The Hall–Kier alpha value is -3.35. The number of hydrogen-bond acceptors (Lipinski definition) is 7. The van der Waals surface area contributed by atoms with E-state index in [-0.39, 0.29) is 44.8 Å². The maximum Gasteiger partial charge on any atom is 0.446 e. The van der Waals surface area contributed by atoms with Gasteiger partial charge in [-0.2, -0.15) is 18.3 Å². The number of carbonyl (C=O) groups is 1. The molecule has 13 heteroatoms. The SMILES string of the molecule is O=C(N[C@H](CCN1CCC(Cn2cncn2)(C2CCCCC2)CC1)Cc1ccc(Cl)cc1)c1cc(=O)c2cc(SC(F)(F)F)ccc2o1. The largest absolute Gasteiger partial charge is 0.451 e. The summed E-state index contributed by atoms with van der Waals surface area (Å²) in [6.07, 6.45) is 13.2. The van der Waals surface area contributed by atoms with Gasteiger partial charge >= 0.3 is 5.51 Å². The van der Waals surface area contributed by atoms with Gasteiger partial charge in [-0.25, -0.2) is 4.98 Å². The van der Waals surface area contributed by atoms with Gasteiger partial charge in [0.05, 0.1) is 5.39 Å². The minimum absolute atomic E-state index is 0.0169. The standard InChI is InChI=1S/C35H39ClF3N5O3S/c36-26-8-6-24(7-9-26)18-27(42-33(46)32-20-30(45)29-19-28(48-35(37,38)39)10-11-31(29)47-32)12-15-43-16-13-34(14-17-43,21-44-23-40-22-41-44)25-4-2-1-3-5-25/h6-11,19-20,22-23,25,27H,1-5,12-18,21H2,(H,42,46)/t27-/m1/s1. The van der Waals surface area contributed by atoms with E-state index in [2.05, 4.69) is 20.3 Å². The minimum Gasteiger partial charge on any atom is -0.451 e. The smallest absolute Gasteiger partial charge is 0.446 e. The van der Waals surface area contributed by atoms with Crippen molar-refractivity contribution in [3.63, 3.8) is 0 Å². The van der Waals surface area contributed by atoms with Gasteiger partial charge in [0, 0.05) is 35.1 Å². The maximum atomic E-state index is 13.5. The molecule has 6 rings (SSSR count). The first-order chi connectivity index (χ1) is 23.0. The number of nitrogens with zero attached hydrogens (tertiary/aromatic N) is 4. The second-order valence-corrected chi connectivity index (χ2v) is 14.7. The van der Waals surface area contributed by atoms with Crippen LogP contribution in [-0.4, -0.2) is 56.8 Å². The minimum atomic E-state index is -4.49. The molecule has 1 aliphatic heterocycles. The zero-order valence-electron chi connectivity index (χ0n) is 26.6. The van der Waals surface area contributed by atoms with Crippen molar-refractivity contribution in [3.8, 4) is 0 Å². The van der Waals surface area contributed by atoms with Crippen LogP contribution in [0.15, 0.2) is 75.3 Å². The van der Waals surface area contributed by atoms with Gasteiger partial charge in [0.15, 0.2) is 11.2 Å². The summed E-state index contributed by atoms with van der Waals surface area (Å²) < 4.78 is 46.3. The number of fused-ring (bicyclic) bond motifs is 1. The number of hydrogen-bond donors (Lipinski definition) is 1. The number of rotatable bonds is 11. The Morgan fingerprint density at radius 2 is 1.83 bits per heavy atom. The van der Waals surface area contributed by atoms with Crippen molar-refractivity contribution >= 4 is 40.2 Å². The molecule has 1 atom stereocenters. The third-order valence-corrected chi connectivity index (χ3v) is 10.9. The molecule has 1 N–H and O–H groups in total. The van der Waals surface area contributed by atoms with Crippen LogP contribution in [-0.2, 0) is 13.0 Å². The Bertz CT molecular complexity index is 1740. The lowest BCUT2D eigenvalue weighted by atomic mass is 9.63. The van der Waals surface area contributed by atoms with Gasteiger partial charge in [-0.3, -0.25) is 14.3 Å². The molecule has 2 fully saturated rings. The molecule has 1 saturated heterocycles. The van der Waals surface area contributed by atoms with E-state index in [0.717, 1.165) is 56.7 Å². The Balaban J connectivity index is 1.14. The highest BCUT2D eigenvalue weighted by Gasteiger charge is 2.42. The highest BCUT2D eigenvalue weighted by atomic mass is 35.5. The van der Waals surface area contributed by atoms with E-state index in [1.54, 1.807) is 6.33 Å². The number of aromatic nitrogens is 3. The average Bonchev–Trinajstić information content (AvgIpc) is 3.58. The molecular formula is C35H39ClF3N5O3S. The summed E-state index contributed by atoms with van der Waals surface area (Å²) in [7, 11) is 0. The summed E-state index contributed by atoms with van der Waals surface area (Å²) in [4.78, 5) is 32.9. The lowest BCUT2D eigenvalue weighted by Gasteiger charge is -2.48. The number of nitrogens with one attached hydrogen (secondary N) is 1. The molecule has 2 aromatic carbocycles. The highest BCUT2D eigenvalue weighted by molar-refractivity contribution is 8.00. The van der Waals surface area contributed by atoms with Crippen LogP contribution >= 0.6 is 23.4 Å². The molecule has 0 bridgehead atoms. The van der Waals surface area contributed by atoms with Crippen molar-refractivity contribution in [2.45, 2.75) is 80.8 Å². The molecule has 0 spiro atoms. The molecule has 1 saturated carbocycles. The molecule has 0 unspecified atom stereocenters. The summed E-state index contributed by atoms with van der Waals surface area (Å²) in [5.41, 5.74) is -3.82. The summed E-state index contributed by atoms with van der Waals surface area (Å²) in [6, 6.07) is 11.9. The Morgan fingerprint density at radius 3 is 2.52 bits per heavy atom. The summed E-state index contributed by atoms with van der Waals surface area (Å²) in [5.74, 6) is -0.0567. The first-order valence-corrected chi connectivity index (χ1v) is 17.7. The Labute approximate surface area is 286 Å². The van der Waals surface area contributed by atoms with E-state index in [9.17, 15) is 22.8 Å². The number of halogens is 4. The fourth-order valence-corrected chi connectivity index (χ4v) is 8.15. The molecule has 2 aromatic heterocycles. The van der Waals surface area contributed by atoms with Crippen LogP contribution < -0.4 is 10.7 Å². The molecule has 3 heterocycles. The van der Waals surface area contributed by atoms with Gasteiger partial charge in [-0.15, -0.1) is 0 Å². The van der Waals surface area contributed by atoms with E-state index in [0.29, 0.717) is 23.8 Å². The van der Waals surface area contributed by atoms with E-state index < -0.39 is 16.8 Å². The van der Waals surface area contributed by atoms with Crippen molar-refractivity contribution in [1.82, 2.24) is 25.0 Å². The van der Waals surface area contributed by atoms with Gasteiger partial charge in [-0.05, 0) is 111 Å². The zero-order chi connectivity index (χ0) is 33.7. The fraction of sp³-hybridized carbons (Fsp3) is 0.486. The number of likely N-dealkylation sites (tertiary alicyclic amines) is 1. The summed E-state index contributed by atoms with van der Waals surface area (Å²) in [6.45, 7) is 3.59. The molecule has 256 valence electrons. The average molecular weight is 702 g/mol. The van der Waals surface area contributed by atoms with E-state index in [1.165, 1.54) is 44.2 Å². The normalized spacial score (nSPS) is 18.2. The van der Waals surface area contributed by atoms with Gasteiger partial charge in [0.25, 0.3) is 5.91 Å². The number of carbonyl (C=O) groups excluding carboxylic acids is 1. The summed E-state index contributed by atoms with van der Waals surface area (Å²) >= 11 is 5.81. The quantitative estimate of drug-likeness (QED) is 0.160. The number of benzene rings is 2. The number of amides is 1. The maximum absolute atomic E-state index is 13.5. The molecular weight excluding hydrogens is 663 g/mol. The lowest BCUT2D eigenvalue weighted by Crippen LogP contribution is -2.48. The summed E-state index contributed by atoms with van der Waals surface area (Å²) in [5, 5.41) is 8.11. The van der Waals surface area contributed by atoms with Crippen LogP contribution in [0.4, 0.5) is 13.2 Å². The van der Waals surface area contributed by atoms with Gasteiger partial charge in [0.2, 0.25) is 0 Å². The topological polar surface area (TPSA) is 93.3 Å². The predicted octanol–water partition coefficient (Wildman–Crippen LogP) is 7.74. The van der Waals surface area contributed by atoms with Crippen molar-refractivity contribution < 1.29 is 22.4 Å². The van der Waals surface area contributed by atoms with Crippen LogP contribution in [0.25, 0.3) is 11.0 Å². The monoisotopic (exact) mass is 701 g/mol. The number of thioether (sulfide) groups is 1. The zero-order valence-corrected chi connectivity index (χ0v) is 28.1. The van der Waals surface area contributed by atoms with E-state index in [4.69, 9.17) is 16.0 Å². The lowest BCUT2D eigenvalue weighted by molar-refractivity contribution is -0.0328. The van der Waals surface area contributed by atoms with Gasteiger partial charge < -0.3 is 14.6 Å². The highest BCUT2D eigenvalue weighted by Crippen LogP contribution is 2.47. The molecule has 1 aliphatic carbocycles. The molecule has 8 nitrogen and oxygen atoms in total. The molecule has 48 heavy (non-hydrogen) atoms. The van der Waals surface area contributed by atoms with Crippen molar-refractivity contribution in [1.29, 1.82) is 0 Å². The molecule has 2 aliphatic rings. The number of piperidine rings is 1. The first kappa shape index (κ1) is 34.5. The van der Waals surface area contributed by atoms with Crippen molar-refractivity contribution in [2.24, 2.45) is 11.3 Å². The van der Waals surface area contributed by atoms with Crippen LogP contribution in [0.3, 0.4) is 0 Å². The second-order valence-electron chi connectivity index (χ2n) is 13.1. The van der Waals surface area contributed by atoms with Crippen molar-refractivity contribution in [2.75, 3.05) is 19.6 Å². The molecule has 0 radical (unpaired) electrons. The molecule has 1 amide bonds. The van der Waals surface area contributed by atoms with Gasteiger partial charge in [-0.1, -0.05) is 43.0 Å². The van der Waals surface area contributed by atoms with Crippen molar-refractivity contribution in [3.05, 3.63) is 87.8 Å². The van der Waals surface area contributed by atoms with Gasteiger partial charge in [0.1, 0.15) is 18.2 Å². The Kier molecular flexibility index (Phi) is 10.8.